The van der Waals surface area contributed by atoms with Crippen molar-refractivity contribution in [3.63, 3.8) is 0 Å². The Morgan fingerprint density at radius 3 is 2.88 bits per heavy atom. The van der Waals surface area contributed by atoms with Gasteiger partial charge in [-0.25, -0.2) is 4.98 Å². The quantitative estimate of drug-likeness (QED) is 0.844. The molecule has 1 atom stereocenters. The van der Waals surface area contributed by atoms with Crippen LogP contribution in [0.2, 0.25) is 0 Å². The molecule has 134 valence electrons. The van der Waals surface area contributed by atoms with Crippen molar-refractivity contribution in [3.8, 4) is 0 Å². The standard InChI is InChI=1S/C19H26N4O2/c1-14(24)23-12-6-7-15(13-23)19(25)20-11-5-10-18-21-16-8-3-4-9-17(16)22(18)2/h3-4,8-9,15H,5-7,10-13H2,1-2H3,(H,20,25). The molecule has 1 aliphatic heterocycles. The van der Waals surface area contributed by atoms with Gasteiger partial charge in [0.05, 0.1) is 17.0 Å². The average molecular weight is 342 g/mol. The van der Waals surface area contributed by atoms with Crippen LogP contribution < -0.4 is 5.32 Å². The lowest BCUT2D eigenvalue weighted by atomic mass is 9.97. The number of hydrogen-bond donors (Lipinski definition) is 1. The third-order valence-electron chi connectivity index (χ3n) is 4.99. The molecule has 2 amide bonds. The van der Waals surface area contributed by atoms with Crippen LogP contribution in [0, 0.1) is 5.92 Å². The van der Waals surface area contributed by atoms with Crippen LogP contribution in [0.5, 0.6) is 0 Å². The molecule has 0 saturated carbocycles. The molecule has 1 aromatic heterocycles. The van der Waals surface area contributed by atoms with Gasteiger partial charge in [-0.05, 0) is 31.4 Å². The SMILES string of the molecule is CC(=O)N1CCCC(C(=O)NCCCc2nc3ccccc3n2C)C1. The fraction of sp³-hybridized carbons (Fsp3) is 0.526. The van der Waals surface area contributed by atoms with E-state index in [1.165, 1.54) is 0 Å². The molecule has 1 unspecified atom stereocenters. The van der Waals surface area contributed by atoms with Crippen LogP contribution in [0.25, 0.3) is 11.0 Å². The largest absolute Gasteiger partial charge is 0.356 e. The lowest BCUT2D eigenvalue weighted by Crippen LogP contribution is -2.44. The fourth-order valence-corrected chi connectivity index (χ4v) is 3.50. The summed E-state index contributed by atoms with van der Waals surface area (Å²) in [6, 6.07) is 8.10. The summed E-state index contributed by atoms with van der Waals surface area (Å²) in [6.45, 7) is 3.52. The van der Waals surface area contributed by atoms with Crippen molar-refractivity contribution in [1.82, 2.24) is 19.8 Å². The summed E-state index contributed by atoms with van der Waals surface area (Å²) in [5.41, 5.74) is 2.14. The first-order valence-corrected chi connectivity index (χ1v) is 9.00. The van der Waals surface area contributed by atoms with Crippen molar-refractivity contribution in [2.24, 2.45) is 13.0 Å². The molecule has 0 spiro atoms. The van der Waals surface area contributed by atoms with Crippen LogP contribution in [0.3, 0.4) is 0 Å². The Morgan fingerprint density at radius 2 is 2.12 bits per heavy atom. The van der Waals surface area contributed by atoms with Crippen LogP contribution >= 0.6 is 0 Å². The predicted molar refractivity (Wildman–Crippen MR) is 97.0 cm³/mol. The number of aromatic nitrogens is 2. The number of imidazole rings is 1. The Hall–Kier alpha value is -2.37. The van der Waals surface area contributed by atoms with Crippen molar-refractivity contribution in [3.05, 3.63) is 30.1 Å². The molecule has 0 radical (unpaired) electrons. The molecular formula is C19H26N4O2. The van der Waals surface area contributed by atoms with Gasteiger partial charge in [0, 0.05) is 40.0 Å². The summed E-state index contributed by atoms with van der Waals surface area (Å²) in [4.78, 5) is 30.2. The summed E-state index contributed by atoms with van der Waals surface area (Å²) in [7, 11) is 2.03. The number of aryl methyl sites for hydroxylation is 2. The maximum atomic E-state index is 12.3. The molecule has 0 bridgehead atoms. The first kappa shape index (κ1) is 17.5. The molecule has 1 saturated heterocycles. The highest BCUT2D eigenvalue weighted by Gasteiger charge is 2.26. The normalized spacial score (nSPS) is 17.7. The van der Waals surface area contributed by atoms with Crippen molar-refractivity contribution in [2.75, 3.05) is 19.6 Å². The van der Waals surface area contributed by atoms with Gasteiger partial charge in [0.1, 0.15) is 5.82 Å². The third-order valence-corrected chi connectivity index (χ3v) is 4.99. The molecule has 1 aliphatic rings. The number of benzene rings is 1. The maximum absolute atomic E-state index is 12.3. The van der Waals surface area contributed by atoms with E-state index < -0.39 is 0 Å². The number of nitrogens with zero attached hydrogens (tertiary/aromatic N) is 3. The van der Waals surface area contributed by atoms with E-state index in [0.29, 0.717) is 13.1 Å². The number of rotatable bonds is 5. The van der Waals surface area contributed by atoms with Gasteiger partial charge in [0.15, 0.2) is 0 Å². The second-order valence-electron chi connectivity index (χ2n) is 6.77. The number of nitrogens with one attached hydrogen (secondary N) is 1. The number of carbonyl (C=O) groups is 2. The zero-order valence-corrected chi connectivity index (χ0v) is 15.0. The highest BCUT2D eigenvalue weighted by Crippen LogP contribution is 2.17. The first-order valence-electron chi connectivity index (χ1n) is 9.00. The van der Waals surface area contributed by atoms with Crippen LogP contribution in [0.15, 0.2) is 24.3 Å². The topological polar surface area (TPSA) is 67.2 Å². The molecule has 2 heterocycles. The van der Waals surface area contributed by atoms with E-state index in [9.17, 15) is 9.59 Å². The number of likely N-dealkylation sites (tertiary alicyclic amines) is 1. The van der Waals surface area contributed by atoms with E-state index in [0.717, 1.165) is 49.1 Å². The molecule has 6 heteroatoms. The van der Waals surface area contributed by atoms with Gasteiger partial charge in [-0.2, -0.15) is 0 Å². The minimum Gasteiger partial charge on any atom is -0.356 e. The zero-order chi connectivity index (χ0) is 17.8. The lowest BCUT2D eigenvalue weighted by Gasteiger charge is -2.31. The van der Waals surface area contributed by atoms with Gasteiger partial charge in [0.2, 0.25) is 11.8 Å². The number of fused-ring (bicyclic) bond motifs is 1. The van der Waals surface area contributed by atoms with Gasteiger partial charge < -0.3 is 14.8 Å². The van der Waals surface area contributed by atoms with Crippen molar-refractivity contribution >= 4 is 22.8 Å². The monoisotopic (exact) mass is 342 g/mol. The molecular weight excluding hydrogens is 316 g/mol. The second-order valence-corrected chi connectivity index (χ2v) is 6.77. The third kappa shape index (κ3) is 4.00. The summed E-state index contributed by atoms with van der Waals surface area (Å²) >= 11 is 0. The van der Waals surface area contributed by atoms with E-state index in [2.05, 4.69) is 20.9 Å². The average Bonchev–Trinajstić information content (AvgIpc) is 2.95. The Balaban J connectivity index is 1.47. The second kappa shape index (κ2) is 7.68. The van der Waals surface area contributed by atoms with E-state index in [1.807, 2.05) is 25.2 Å². The molecule has 2 aromatic rings. The van der Waals surface area contributed by atoms with Crippen LogP contribution in [0.4, 0.5) is 0 Å². The van der Waals surface area contributed by atoms with Crippen LogP contribution in [-0.4, -0.2) is 45.9 Å². The van der Waals surface area contributed by atoms with Crippen molar-refractivity contribution in [2.45, 2.75) is 32.6 Å². The minimum atomic E-state index is -0.0756. The Labute approximate surface area is 148 Å². The van der Waals surface area contributed by atoms with Crippen molar-refractivity contribution in [1.29, 1.82) is 0 Å². The smallest absolute Gasteiger partial charge is 0.224 e. The lowest BCUT2D eigenvalue weighted by molar-refractivity contribution is -0.133. The van der Waals surface area contributed by atoms with Gasteiger partial charge in [0.25, 0.3) is 0 Å². The number of hydrogen-bond acceptors (Lipinski definition) is 3. The molecule has 1 fully saturated rings. The maximum Gasteiger partial charge on any atom is 0.224 e. The summed E-state index contributed by atoms with van der Waals surface area (Å²) < 4.78 is 2.11. The molecule has 25 heavy (non-hydrogen) atoms. The highest BCUT2D eigenvalue weighted by atomic mass is 16.2. The summed E-state index contributed by atoms with van der Waals surface area (Å²) in [6.07, 6.45) is 3.44. The first-order chi connectivity index (χ1) is 12.1. The van der Waals surface area contributed by atoms with Crippen molar-refractivity contribution < 1.29 is 9.59 Å². The molecule has 6 nitrogen and oxygen atoms in total. The predicted octanol–water partition coefficient (Wildman–Crippen LogP) is 1.88. The Bertz CT molecular complexity index is 768. The van der Waals surface area contributed by atoms with Gasteiger partial charge >= 0.3 is 0 Å². The molecule has 3 rings (SSSR count). The van der Waals surface area contributed by atoms with Crippen LogP contribution in [-0.2, 0) is 23.1 Å². The Morgan fingerprint density at radius 1 is 1.32 bits per heavy atom. The summed E-state index contributed by atoms with van der Waals surface area (Å²) in [5.74, 6) is 1.08. The number of amides is 2. The Kier molecular flexibility index (Phi) is 5.36. The van der Waals surface area contributed by atoms with E-state index in [1.54, 1.807) is 11.8 Å². The van der Waals surface area contributed by atoms with Crippen LogP contribution in [0.1, 0.15) is 32.0 Å². The van der Waals surface area contributed by atoms with Gasteiger partial charge in [-0.15, -0.1) is 0 Å². The van der Waals surface area contributed by atoms with E-state index in [-0.39, 0.29) is 17.7 Å². The molecule has 1 aromatic carbocycles. The van der Waals surface area contributed by atoms with Gasteiger partial charge in [-0.1, -0.05) is 12.1 Å². The number of piperidine rings is 1. The number of carbonyl (C=O) groups excluding carboxylic acids is 2. The van der Waals surface area contributed by atoms with E-state index >= 15 is 0 Å². The van der Waals surface area contributed by atoms with Gasteiger partial charge in [-0.3, -0.25) is 9.59 Å². The zero-order valence-electron chi connectivity index (χ0n) is 15.0. The number of para-hydroxylation sites is 2. The minimum absolute atomic E-state index is 0.0550. The highest BCUT2D eigenvalue weighted by molar-refractivity contribution is 5.80. The summed E-state index contributed by atoms with van der Waals surface area (Å²) in [5, 5.41) is 3.02. The molecule has 1 N–H and O–H groups in total. The van der Waals surface area contributed by atoms with E-state index in [4.69, 9.17) is 0 Å². The fourth-order valence-electron chi connectivity index (χ4n) is 3.50. The molecule has 0 aliphatic carbocycles.